The zero-order valence-electron chi connectivity index (χ0n) is 18.2. The molecular weight excluding hydrogens is 388 g/mol. The Morgan fingerprint density at radius 1 is 1.06 bits per heavy atom. The summed E-state index contributed by atoms with van der Waals surface area (Å²) < 4.78 is 11.7. The Morgan fingerprint density at radius 3 is 2.68 bits per heavy atom. The van der Waals surface area contributed by atoms with Crippen LogP contribution in [0.2, 0.25) is 0 Å². The molecule has 0 fully saturated rings. The Morgan fingerprint density at radius 2 is 1.90 bits per heavy atom. The minimum atomic E-state index is -0.202. The minimum Gasteiger partial charge on any atom is -0.491 e. The van der Waals surface area contributed by atoms with Gasteiger partial charge in [0.1, 0.15) is 11.3 Å². The number of fused-ring (bicyclic) bond motifs is 1. The van der Waals surface area contributed by atoms with Gasteiger partial charge in [0.25, 0.3) is 5.91 Å². The molecule has 1 heterocycles. The molecule has 0 spiro atoms. The molecule has 4 rings (SSSR count). The molecule has 0 bridgehead atoms. The fourth-order valence-electron chi connectivity index (χ4n) is 3.23. The second kappa shape index (κ2) is 8.64. The fraction of sp³-hybridized carbons (Fsp3) is 0.231. The molecule has 0 saturated heterocycles. The second-order valence-corrected chi connectivity index (χ2v) is 7.82. The van der Waals surface area contributed by atoms with Gasteiger partial charge in [0.15, 0.2) is 5.58 Å². The molecule has 0 radical (unpaired) electrons. The molecule has 0 aliphatic heterocycles. The van der Waals surface area contributed by atoms with Crippen LogP contribution in [-0.2, 0) is 0 Å². The topological polar surface area (TPSA) is 64.4 Å². The number of benzene rings is 3. The van der Waals surface area contributed by atoms with Crippen molar-refractivity contribution in [3.63, 3.8) is 0 Å². The third-order valence-corrected chi connectivity index (χ3v) is 5.41. The normalized spacial score (nSPS) is 12.0. The average Bonchev–Trinajstić information content (AvgIpc) is 3.19. The van der Waals surface area contributed by atoms with E-state index in [4.69, 9.17) is 9.15 Å². The monoisotopic (exact) mass is 414 g/mol. The highest BCUT2D eigenvalue weighted by Gasteiger charge is 2.12. The van der Waals surface area contributed by atoms with Crippen molar-refractivity contribution in [1.29, 1.82) is 0 Å². The van der Waals surface area contributed by atoms with E-state index >= 15 is 0 Å². The summed E-state index contributed by atoms with van der Waals surface area (Å²) in [6, 6.07) is 18.8. The maximum Gasteiger partial charge on any atom is 0.255 e. The third kappa shape index (κ3) is 4.61. The highest BCUT2D eigenvalue weighted by Crippen LogP contribution is 2.28. The molecule has 0 unspecified atom stereocenters. The van der Waals surface area contributed by atoms with Gasteiger partial charge in [0, 0.05) is 16.8 Å². The molecule has 1 amide bonds. The molecule has 4 aromatic rings. The van der Waals surface area contributed by atoms with Gasteiger partial charge in [0.2, 0.25) is 5.89 Å². The Kier molecular flexibility index (Phi) is 5.76. The SMILES string of the molecule is CC[C@H](C)Oc1cccc(C(=O)Nc2ccc3oc(-c4ccc(C)c(C)c4)nc3c2)c1. The van der Waals surface area contributed by atoms with Gasteiger partial charge in [-0.05, 0) is 86.8 Å². The molecule has 0 aliphatic rings. The predicted octanol–water partition coefficient (Wildman–Crippen LogP) is 6.54. The summed E-state index contributed by atoms with van der Waals surface area (Å²) in [5.41, 5.74) is 5.91. The fourth-order valence-corrected chi connectivity index (χ4v) is 3.23. The van der Waals surface area contributed by atoms with Crippen molar-refractivity contribution in [2.75, 3.05) is 5.32 Å². The van der Waals surface area contributed by atoms with E-state index < -0.39 is 0 Å². The van der Waals surface area contributed by atoms with Crippen LogP contribution in [-0.4, -0.2) is 17.0 Å². The van der Waals surface area contributed by atoms with E-state index in [1.54, 1.807) is 12.1 Å². The number of nitrogens with one attached hydrogen (secondary N) is 1. The highest BCUT2D eigenvalue weighted by atomic mass is 16.5. The van der Waals surface area contributed by atoms with E-state index in [1.807, 2.05) is 43.3 Å². The van der Waals surface area contributed by atoms with Crippen LogP contribution in [0.1, 0.15) is 41.8 Å². The lowest BCUT2D eigenvalue weighted by molar-refractivity contribution is 0.102. The lowest BCUT2D eigenvalue weighted by atomic mass is 10.1. The number of aryl methyl sites for hydroxylation is 2. The molecule has 3 aromatic carbocycles. The first kappa shape index (κ1) is 20.7. The Labute approximate surface area is 182 Å². The Bertz CT molecular complexity index is 1240. The van der Waals surface area contributed by atoms with Crippen molar-refractivity contribution in [2.24, 2.45) is 0 Å². The van der Waals surface area contributed by atoms with E-state index in [1.165, 1.54) is 11.1 Å². The van der Waals surface area contributed by atoms with Crippen LogP contribution >= 0.6 is 0 Å². The number of amides is 1. The standard InChI is InChI=1S/C26H26N2O3/c1-5-18(4)30-22-8-6-7-19(14-22)25(29)27-21-11-12-24-23(15-21)28-26(31-24)20-10-9-16(2)17(3)13-20/h6-15,18H,5H2,1-4H3,(H,27,29)/t18-/m0/s1. The first-order valence-corrected chi connectivity index (χ1v) is 10.5. The van der Waals surface area contributed by atoms with Gasteiger partial charge in [-0.15, -0.1) is 0 Å². The Hall–Kier alpha value is -3.60. The molecule has 158 valence electrons. The molecule has 5 nitrogen and oxygen atoms in total. The van der Waals surface area contributed by atoms with Gasteiger partial charge in [-0.3, -0.25) is 4.79 Å². The van der Waals surface area contributed by atoms with Gasteiger partial charge in [-0.25, -0.2) is 4.98 Å². The van der Waals surface area contributed by atoms with Crippen LogP contribution in [0.25, 0.3) is 22.6 Å². The summed E-state index contributed by atoms with van der Waals surface area (Å²) in [6.07, 6.45) is 0.998. The van der Waals surface area contributed by atoms with Crippen molar-refractivity contribution in [3.8, 4) is 17.2 Å². The number of hydrogen-bond donors (Lipinski definition) is 1. The zero-order chi connectivity index (χ0) is 22.0. The zero-order valence-corrected chi connectivity index (χ0v) is 18.2. The molecular formula is C26H26N2O3. The van der Waals surface area contributed by atoms with Crippen LogP contribution < -0.4 is 10.1 Å². The lowest BCUT2D eigenvalue weighted by Gasteiger charge is -2.13. The number of carbonyl (C=O) groups excluding carboxylic acids is 1. The van der Waals surface area contributed by atoms with E-state index in [0.717, 1.165) is 12.0 Å². The van der Waals surface area contributed by atoms with Crippen LogP contribution in [0.15, 0.2) is 65.1 Å². The number of nitrogens with zero attached hydrogens (tertiary/aromatic N) is 1. The van der Waals surface area contributed by atoms with Gasteiger partial charge in [-0.2, -0.15) is 0 Å². The maximum atomic E-state index is 12.7. The number of hydrogen-bond acceptors (Lipinski definition) is 4. The minimum absolute atomic E-state index is 0.0967. The van der Waals surface area contributed by atoms with E-state index in [0.29, 0.717) is 34.0 Å². The number of oxazole rings is 1. The van der Waals surface area contributed by atoms with E-state index in [-0.39, 0.29) is 12.0 Å². The number of carbonyl (C=O) groups is 1. The summed E-state index contributed by atoms with van der Waals surface area (Å²) in [5, 5.41) is 2.93. The molecule has 1 aromatic heterocycles. The molecule has 0 saturated carbocycles. The number of anilines is 1. The smallest absolute Gasteiger partial charge is 0.255 e. The first-order chi connectivity index (χ1) is 14.9. The molecule has 5 heteroatoms. The summed E-state index contributed by atoms with van der Waals surface area (Å²) in [4.78, 5) is 17.4. The van der Waals surface area contributed by atoms with Crippen molar-refractivity contribution in [1.82, 2.24) is 4.98 Å². The summed E-state index contributed by atoms with van der Waals surface area (Å²) in [7, 11) is 0. The van der Waals surface area contributed by atoms with Crippen LogP contribution in [0.5, 0.6) is 5.75 Å². The van der Waals surface area contributed by atoms with Gasteiger partial charge in [0.05, 0.1) is 6.10 Å². The molecule has 1 atom stereocenters. The van der Waals surface area contributed by atoms with Crippen molar-refractivity contribution in [2.45, 2.75) is 40.2 Å². The number of aromatic nitrogens is 1. The quantitative estimate of drug-likeness (QED) is 0.389. The van der Waals surface area contributed by atoms with Crippen LogP contribution in [0.4, 0.5) is 5.69 Å². The first-order valence-electron chi connectivity index (χ1n) is 10.5. The molecule has 0 aliphatic carbocycles. The maximum absolute atomic E-state index is 12.7. The highest BCUT2D eigenvalue weighted by molar-refractivity contribution is 6.05. The number of ether oxygens (including phenoxy) is 1. The van der Waals surface area contributed by atoms with Crippen LogP contribution in [0.3, 0.4) is 0 Å². The van der Waals surface area contributed by atoms with E-state index in [9.17, 15) is 4.79 Å². The lowest BCUT2D eigenvalue weighted by Crippen LogP contribution is -2.13. The summed E-state index contributed by atoms with van der Waals surface area (Å²) >= 11 is 0. The second-order valence-electron chi connectivity index (χ2n) is 7.82. The van der Waals surface area contributed by atoms with Crippen molar-refractivity contribution < 1.29 is 13.9 Å². The van der Waals surface area contributed by atoms with Crippen LogP contribution in [0, 0.1) is 13.8 Å². The predicted molar refractivity (Wildman–Crippen MR) is 124 cm³/mol. The van der Waals surface area contributed by atoms with Crippen molar-refractivity contribution >= 4 is 22.7 Å². The Balaban J connectivity index is 1.54. The summed E-state index contributed by atoms with van der Waals surface area (Å²) in [5.74, 6) is 1.05. The molecule has 1 N–H and O–H groups in total. The van der Waals surface area contributed by atoms with Crippen molar-refractivity contribution in [3.05, 3.63) is 77.4 Å². The average molecular weight is 415 g/mol. The van der Waals surface area contributed by atoms with Gasteiger partial charge in [-0.1, -0.05) is 19.1 Å². The third-order valence-electron chi connectivity index (χ3n) is 5.41. The molecule has 31 heavy (non-hydrogen) atoms. The van der Waals surface area contributed by atoms with E-state index in [2.05, 4.69) is 43.2 Å². The van der Waals surface area contributed by atoms with Gasteiger partial charge >= 0.3 is 0 Å². The van der Waals surface area contributed by atoms with Gasteiger partial charge < -0.3 is 14.5 Å². The summed E-state index contributed by atoms with van der Waals surface area (Å²) in [6.45, 7) is 8.21. The largest absolute Gasteiger partial charge is 0.491 e. The number of rotatable bonds is 6.